The summed E-state index contributed by atoms with van der Waals surface area (Å²) in [6.45, 7) is 0.588. The standard InChI is InChI=1S/C15H14F3N3O2/c1-10-6-12(4-5-19-10)14(22)21-8-11-2-3-13(20-7-11)23-9-15(16,17)18/h2-7H,8-9H2,1H3,(H,21,22). The summed E-state index contributed by atoms with van der Waals surface area (Å²) in [6.07, 6.45) is -1.51. The quantitative estimate of drug-likeness (QED) is 0.918. The van der Waals surface area contributed by atoms with Crippen LogP contribution < -0.4 is 10.1 Å². The highest BCUT2D eigenvalue weighted by atomic mass is 19.4. The van der Waals surface area contributed by atoms with E-state index in [0.29, 0.717) is 11.1 Å². The molecule has 0 saturated heterocycles. The van der Waals surface area contributed by atoms with Crippen molar-refractivity contribution < 1.29 is 22.7 Å². The molecule has 0 aliphatic carbocycles. The van der Waals surface area contributed by atoms with Crippen LogP contribution >= 0.6 is 0 Å². The van der Waals surface area contributed by atoms with Crippen LogP contribution in [0.3, 0.4) is 0 Å². The monoisotopic (exact) mass is 325 g/mol. The van der Waals surface area contributed by atoms with E-state index in [1.54, 1.807) is 25.3 Å². The number of amides is 1. The van der Waals surface area contributed by atoms with E-state index < -0.39 is 12.8 Å². The number of ether oxygens (including phenoxy) is 1. The van der Waals surface area contributed by atoms with E-state index in [9.17, 15) is 18.0 Å². The molecule has 0 aliphatic rings. The fraction of sp³-hybridized carbons (Fsp3) is 0.267. The second-order valence-electron chi connectivity index (χ2n) is 4.78. The molecule has 2 rings (SSSR count). The maximum atomic E-state index is 12.0. The van der Waals surface area contributed by atoms with Crippen molar-refractivity contribution in [1.82, 2.24) is 15.3 Å². The number of carbonyl (C=O) groups excluding carboxylic acids is 1. The van der Waals surface area contributed by atoms with Crippen LogP contribution in [0.4, 0.5) is 13.2 Å². The molecule has 0 unspecified atom stereocenters. The molecule has 1 N–H and O–H groups in total. The third kappa shape index (κ3) is 5.57. The van der Waals surface area contributed by atoms with Crippen LogP contribution in [-0.4, -0.2) is 28.7 Å². The third-order valence-corrected chi connectivity index (χ3v) is 2.79. The lowest BCUT2D eigenvalue weighted by Gasteiger charge is -2.09. The zero-order chi connectivity index (χ0) is 16.9. The number of pyridine rings is 2. The maximum absolute atomic E-state index is 12.0. The highest BCUT2D eigenvalue weighted by molar-refractivity contribution is 5.94. The summed E-state index contributed by atoms with van der Waals surface area (Å²) >= 11 is 0. The molecule has 0 aliphatic heterocycles. The average molecular weight is 325 g/mol. The van der Waals surface area contributed by atoms with Crippen LogP contribution in [0.1, 0.15) is 21.6 Å². The normalized spacial score (nSPS) is 11.1. The molecule has 0 aromatic carbocycles. The summed E-state index contributed by atoms with van der Waals surface area (Å²) < 4.78 is 40.5. The number of hydrogen-bond acceptors (Lipinski definition) is 4. The largest absolute Gasteiger partial charge is 0.468 e. The van der Waals surface area contributed by atoms with Crippen LogP contribution in [0, 0.1) is 6.92 Å². The van der Waals surface area contributed by atoms with Gasteiger partial charge in [-0.3, -0.25) is 9.78 Å². The van der Waals surface area contributed by atoms with Crippen molar-refractivity contribution in [2.75, 3.05) is 6.61 Å². The van der Waals surface area contributed by atoms with Gasteiger partial charge in [0.05, 0.1) is 0 Å². The Hall–Kier alpha value is -2.64. The fourth-order valence-electron chi connectivity index (χ4n) is 1.73. The Balaban J connectivity index is 1.87. The molecular weight excluding hydrogens is 311 g/mol. The molecule has 23 heavy (non-hydrogen) atoms. The van der Waals surface area contributed by atoms with E-state index in [2.05, 4.69) is 20.0 Å². The lowest BCUT2D eigenvalue weighted by Crippen LogP contribution is -2.23. The SMILES string of the molecule is Cc1cc(C(=O)NCc2ccc(OCC(F)(F)F)nc2)ccn1. The molecule has 0 spiro atoms. The van der Waals surface area contributed by atoms with Crippen molar-refractivity contribution in [2.24, 2.45) is 0 Å². The minimum Gasteiger partial charge on any atom is -0.468 e. The molecular formula is C15H14F3N3O2. The highest BCUT2D eigenvalue weighted by Gasteiger charge is 2.28. The first-order chi connectivity index (χ1) is 10.8. The molecule has 0 radical (unpaired) electrons. The van der Waals surface area contributed by atoms with Gasteiger partial charge in [-0.25, -0.2) is 4.98 Å². The van der Waals surface area contributed by atoms with Gasteiger partial charge in [0, 0.05) is 36.3 Å². The lowest BCUT2D eigenvalue weighted by atomic mass is 10.2. The summed E-state index contributed by atoms with van der Waals surface area (Å²) in [5.41, 5.74) is 1.85. The van der Waals surface area contributed by atoms with Crippen molar-refractivity contribution in [3.8, 4) is 5.88 Å². The molecule has 5 nitrogen and oxygen atoms in total. The van der Waals surface area contributed by atoms with Crippen LogP contribution in [-0.2, 0) is 6.54 Å². The molecule has 2 aromatic heterocycles. The predicted molar refractivity (Wildman–Crippen MR) is 75.9 cm³/mol. The molecule has 0 fully saturated rings. The van der Waals surface area contributed by atoms with E-state index in [1.165, 1.54) is 18.3 Å². The van der Waals surface area contributed by atoms with Crippen LogP contribution in [0.2, 0.25) is 0 Å². The van der Waals surface area contributed by atoms with Crippen molar-refractivity contribution in [3.05, 3.63) is 53.5 Å². The van der Waals surface area contributed by atoms with Gasteiger partial charge in [0.15, 0.2) is 6.61 Å². The second-order valence-corrected chi connectivity index (χ2v) is 4.78. The first-order valence-corrected chi connectivity index (χ1v) is 6.69. The van der Waals surface area contributed by atoms with E-state index in [0.717, 1.165) is 5.69 Å². The zero-order valence-corrected chi connectivity index (χ0v) is 12.2. The van der Waals surface area contributed by atoms with Crippen LogP contribution in [0.5, 0.6) is 5.88 Å². The number of halogens is 3. The third-order valence-electron chi connectivity index (χ3n) is 2.79. The number of aromatic nitrogens is 2. The Morgan fingerprint density at radius 2 is 2.04 bits per heavy atom. The number of hydrogen-bond donors (Lipinski definition) is 1. The van der Waals surface area contributed by atoms with E-state index >= 15 is 0 Å². The lowest BCUT2D eigenvalue weighted by molar-refractivity contribution is -0.154. The van der Waals surface area contributed by atoms with Crippen molar-refractivity contribution in [3.63, 3.8) is 0 Å². The molecule has 122 valence electrons. The van der Waals surface area contributed by atoms with E-state index in [-0.39, 0.29) is 18.3 Å². The summed E-state index contributed by atoms with van der Waals surface area (Å²) in [5.74, 6) is -0.393. The molecule has 1 amide bonds. The molecule has 0 saturated carbocycles. The van der Waals surface area contributed by atoms with E-state index in [4.69, 9.17) is 0 Å². The second kappa shape index (κ2) is 7.08. The summed E-state index contributed by atoms with van der Waals surface area (Å²) in [6, 6.07) is 6.11. The summed E-state index contributed by atoms with van der Waals surface area (Å²) in [4.78, 5) is 19.7. The van der Waals surface area contributed by atoms with Gasteiger partial charge < -0.3 is 10.1 Å². The van der Waals surface area contributed by atoms with Gasteiger partial charge in [-0.1, -0.05) is 6.07 Å². The molecule has 0 bridgehead atoms. The number of alkyl halides is 3. The number of carbonyl (C=O) groups is 1. The molecule has 8 heteroatoms. The Kier molecular flexibility index (Phi) is 5.15. The van der Waals surface area contributed by atoms with Crippen LogP contribution in [0.25, 0.3) is 0 Å². The van der Waals surface area contributed by atoms with E-state index in [1.807, 2.05) is 0 Å². The van der Waals surface area contributed by atoms with Gasteiger partial charge >= 0.3 is 6.18 Å². The summed E-state index contributed by atoms with van der Waals surface area (Å²) in [7, 11) is 0. The maximum Gasteiger partial charge on any atom is 0.422 e. The van der Waals surface area contributed by atoms with Gasteiger partial charge in [0.1, 0.15) is 0 Å². The van der Waals surface area contributed by atoms with Gasteiger partial charge in [0.25, 0.3) is 5.91 Å². The number of rotatable bonds is 5. The van der Waals surface area contributed by atoms with Crippen LogP contribution in [0.15, 0.2) is 36.7 Å². The van der Waals surface area contributed by atoms with Gasteiger partial charge in [-0.2, -0.15) is 13.2 Å². The van der Waals surface area contributed by atoms with Gasteiger partial charge in [-0.05, 0) is 24.6 Å². The van der Waals surface area contributed by atoms with Crippen molar-refractivity contribution >= 4 is 5.91 Å². The average Bonchev–Trinajstić information content (AvgIpc) is 2.51. The molecule has 2 heterocycles. The molecule has 0 atom stereocenters. The fourth-order valence-corrected chi connectivity index (χ4v) is 1.73. The smallest absolute Gasteiger partial charge is 0.422 e. The zero-order valence-electron chi connectivity index (χ0n) is 12.2. The Morgan fingerprint density at radius 1 is 1.26 bits per heavy atom. The first kappa shape index (κ1) is 16.7. The Labute approximate surface area is 130 Å². The topological polar surface area (TPSA) is 64.1 Å². The predicted octanol–water partition coefficient (Wildman–Crippen LogP) is 2.66. The first-order valence-electron chi connectivity index (χ1n) is 6.69. The van der Waals surface area contributed by atoms with Gasteiger partial charge in [0.2, 0.25) is 5.88 Å². The number of nitrogens with zero attached hydrogens (tertiary/aromatic N) is 2. The molecule has 2 aromatic rings. The Morgan fingerprint density at radius 3 is 2.65 bits per heavy atom. The number of aryl methyl sites for hydroxylation is 1. The number of nitrogens with one attached hydrogen (secondary N) is 1. The minimum absolute atomic E-state index is 0.123. The Bertz CT molecular complexity index is 672. The van der Waals surface area contributed by atoms with Crippen molar-refractivity contribution in [2.45, 2.75) is 19.6 Å². The van der Waals surface area contributed by atoms with Gasteiger partial charge in [-0.15, -0.1) is 0 Å². The van der Waals surface area contributed by atoms with Crippen molar-refractivity contribution in [1.29, 1.82) is 0 Å². The summed E-state index contributed by atoms with van der Waals surface area (Å²) in [5, 5.41) is 2.69. The highest BCUT2D eigenvalue weighted by Crippen LogP contribution is 2.17. The minimum atomic E-state index is -4.41.